The summed E-state index contributed by atoms with van der Waals surface area (Å²) in [6, 6.07) is 47.2. The Morgan fingerprint density at radius 2 is 1.02 bits per heavy atom. The van der Waals surface area contributed by atoms with E-state index in [2.05, 4.69) is 132 Å². The molecule has 0 spiro atoms. The zero-order valence-corrected chi connectivity index (χ0v) is 26.7. The van der Waals surface area contributed by atoms with Gasteiger partial charge >= 0.3 is 0 Å². The lowest BCUT2D eigenvalue weighted by Gasteiger charge is -2.04. The monoisotopic (exact) mass is 642 g/mol. The predicted molar refractivity (Wildman–Crippen MR) is 197 cm³/mol. The Labute approximate surface area is 275 Å². The average molecular weight is 643 g/mol. The van der Waals surface area contributed by atoms with Gasteiger partial charge < -0.3 is 0 Å². The lowest BCUT2D eigenvalue weighted by molar-refractivity contribution is 1.15. The third-order valence-electron chi connectivity index (χ3n) is 8.53. The summed E-state index contributed by atoms with van der Waals surface area (Å²) in [5, 5.41) is 5.37. The Balaban J connectivity index is 1.20. The quantitative estimate of drug-likeness (QED) is 0.192. The highest BCUT2D eigenvalue weighted by Crippen LogP contribution is 2.42. The fraction of sp³-hybridized carbons (Fsp3) is 0. The Morgan fingerprint density at radius 1 is 0.435 bits per heavy atom. The smallest absolute Gasteiger partial charge is 0.195 e. The molecule has 0 aliphatic heterocycles. The van der Waals surface area contributed by atoms with Gasteiger partial charge in [0.25, 0.3) is 0 Å². The number of rotatable bonds is 4. The van der Waals surface area contributed by atoms with Crippen LogP contribution < -0.4 is 0 Å². The molecule has 4 nitrogen and oxygen atoms in total. The molecule has 0 atom stereocenters. The minimum absolute atomic E-state index is 0.967. The molecule has 0 N–H and O–H groups in total. The molecule has 4 heterocycles. The van der Waals surface area contributed by atoms with Crippen LogP contribution in [0.25, 0.3) is 89.9 Å². The van der Waals surface area contributed by atoms with Crippen molar-refractivity contribution in [1.82, 2.24) is 19.5 Å². The van der Waals surface area contributed by atoms with Crippen LogP contribution in [0.15, 0.2) is 133 Å². The number of fused-ring (bicyclic) bond motifs is 6. The second kappa shape index (κ2) is 10.2. The van der Waals surface area contributed by atoms with E-state index in [4.69, 9.17) is 15.0 Å². The van der Waals surface area contributed by atoms with E-state index >= 15 is 0 Å². The maximum atomic E-state index is 5.13. The Hall–Kier alpha value is -5.21. The molecule has 46 heavy (non-hydrogen) atoms. The van der Waals surface area contributed by atoms with Crippen molar-refractivity contribution in [3.63, 3.8) is 0 Å². The number of thiazole rings is 3. The lowest BCUT2D eigenvalue weighted by Crippen LogP contribution is -1.92. The molecule has 0 bridgehead atoms. The van der Waals surface area contributed by atoms with Crippen molar-refractivity contribution in [3.05, 3.63) is 133 Å². The summed E-state index contributed by atoms with van der Waals surface area (Å²) in [6.07, 6.45) is 0. The predicted octanol–water partition coefficient (Wildman–Crippen LogP) is 11.6. The van der Waals surface area contributed by atoms with E-state index in [0.29, 0.717) is 0 Å². The van der Waals surface area contributed by atoms with Gasteiger partial charge in [0.2, 0.25) is 0 Å². The van der Waals surface area contributed by atoms with Gasteiger partial charge in [-0.05, 0) is 72.3 Å². The van der Waals surface area contributed by atoms with Crippen LogP contribution in [0, 0.1) is 0 Å². The van der Waals surface area contributed by atoms with Crippen molar-refractivity contribution in [2.75, 3.05) is 0 Å². The number of hydrogen-bond donors (Lipinski definition) is 0. The van der Waals surface area contributed by atoms with Gasteiger partial charge in [0.15, 0.2) is 5.13 Å². The molecular formula is C39H22N4S3. The number of benzene rings is 6. The van der Waals surface area contributed by atoms with Crippen LogP contribution in [0.3, 0.4) is 0 Å². The summed E-state index contributed by atoms with van der Waals surface area (Å²) in [5.74, 6) is 0. The van der Waals surface area contributed by atoms with E-state index in [1.807, 2.05) is 6.07 Å². The molecule has 0 amide bonds. The molecule has 10 rings (SSSR count). The highest BCUT2D eigenvalue weighted by Gasteiger charge is 2.19. The summed E-state index contributed by atoms with van der Waals surface area (Å²) in [4.78, 5) is 15.2. The van der Waals surface area contributed by atoms with E-state index in [9.17, 15) is 0 Å². The molecule has 10 aromatic rings. The maximum Gasteiger partial charge on any atom is 0.195 e. The molecule has 6 aromatic carbocycles. The molecule has 216 valence electrons. The normalized spacial score (nSPS) is 11.9. The van der Waals surface area contributed by atoms with Crippen LogP contribution in [0.5, 0.6) is 0 Å². The van der Waals surface area contributed by atoms with Gasteiger partial charge in [0.05, 0.1) is 41.7 Å². The zero-order chi connectivity index (χ0) is 30.2. The van der Waals surface area contributed by atoms with Crippen molar-refractivity contribution in [1.29, 1.82) is 0 Å². The highest BCUT2D eigenvalue weighted by atomic mass is 32.1. The molecule has 0 aliphatic rings. The largest absolute Gasteiger partial charge is 0.285 e. The van der Waals surface area contributed by atoms with Crippen molar-refractivity contribution in [3.8, 4) is 37.4 Å². The van der Waals surface area contributed by atoms with Crippen molar-refractivity contribution in [2.45, 2.75) is 0 Å². The molecular weight excluding hydrogens is 621 g/mol. The van der Waals surface area contributed by atoms with Crippen LogP contribution >= 0.6 is 34.0 Å². The van der Waals surface area contributed by atoms with Gasteiger partial charge in [-0.25, -0.2) is 15.0 Å². The van der Waals surface area contributed by atoms with Crippen LogP contribution in [0.2, 0.25) is 0 Å². The number of para-hydroxylation sites is 2. The first-order valence-corrected chi connectivity index (χ1v) is 17.5. The van der Waals surface area contributed by atoms with Crippen molar-refractivity contribution < 1.29 is 0 Å². The first-order chi connectivity index (χ1) is 22.8. The van der Waals surface area contributed by atoms with Gasteiger partial charge in [-0.15, -0.1) is 22.7 Å². The zero-order valence-electron chi connectivity index (χ0n) is 24.2. The summed E-state index contributed by atoms with van der Waals surface area (Å²) >= 11 is 5.22. The van der Waals surface area contributed by atoms with E-state index < -0.39 is 0 Å². The van der Waals surface area contributed by atoms with E-state index in [-0.39, 0.29) is 0 Å². The molecule has 0 unspecified atom stereocenters. The van der Waals surface area contributed by atoms with Crippen LogP contribution in [0.4, 0.5) is 0 Å². The highest BCUT2D eigenvalue weighted by molar-refractivity contribution is 7.22. The third kappa shape index (κ3) is 4.06. The molecule has 7 heteroatoms. The minimum atomic E-state index is 0.967. The molecule has 4 aromatic heterocycles. The van der Waals surface area contributed by atoms with Crippen molar-refractivity contribution >= 4 is 86.5 Å². The Kier molecular flexibility index (Phi) is 5.75. The van der Waals surface area contributed by atoms with Gasteiger partial charge in [-0.1, -0.05) is 78.1 Å². The first-order valence-electron chi connectivity index (χ1n) is 15.0. The Morgan fingerprint density at radius 3 is 1.72 bits per heavy atom. The number of hydrogen-bond acceptors (Lipinski definition) is 6. The van der Waals surface area contributed by atoms with Crippen LogP contribution in [0.1, 0.15) is 0 Å². The van der Waals surface area contributed by atoms with Gasteiger partial charge in [0, 0.05) is 27.5 Å². The maximum absolute atomic E-state index is 5.13. The average Bonchev–Trinajstić information content (AvgIpc) is 3.90. The van der Waals surface area contributed by atoms with Gasteiger partial charge in [0.1, 0.15) is 10.0 Å². The molecule has 0 radical (unpaired) electrons. The van der Waals surface area contributed by atoms with Gasteiger partial charge in [-0.3, -0.25) is 4.57 Å². The lowest BCUT2D eigenvalue weighted by atomic mass is 10.1. The molecule has 0 fully saturated rings. The summed E-state index contributed by atoms with van der Waals surface area (Å²) in [5.41, 5.74) is 10.00. The van der Waals surface area contributed by atoms with E-state index in [0.717, 1.165) is 53.9 Å². The first kappa shape index (κ1) is 26.1. The van der Waals surface area contributed by atoms with Gasteiger partial charge in [-0.2, -0.15) is 0 Å². The fourth-order valence-electron chi connectivity index (χ4n) is 6.36. The molecule has 0 aliphatic carbocycles. The fourth-order valence-corrected chi connectivity index (χ4v) is 9.42. The van der Waals surface area contributed by atoms with E-state index in [1.54, 1.807) is 34.0 Å². The van der Waals surface area contributed by atoms with Crippen LogP contribution in [-0.2, 0) is 0 Å². The molecule has 0 saturated heterocycles. The van der Waals surface area contributed by atoms with Crippen LogP contribution in [-0.4, -0.2) is 19.5 Å². The third-order valence-corrected chi connectivity index (χ3v) is 11.8. The molecule has 0 saturated carbocycles. The SMILES string of the molecule is c1ccc(-c2cccc3nc(-c4ccc5c(c4)c4cc(-c6nc7ccccc7s6)ccc4n5-c4nc5ccccc5s4)sc23)cc1. The minimum Gasteiger partial charge on any atom is -0.285 e. The second-order valence-corrected chi connectivity index (χ2v) is 14.3. The summed E-state index contributed by atoms with van der Waals surface area (Å²) in [6.45, 7) is 0. The number of nitrogens with zero attached hydrogens (tertiary/aromatic N) is 4. The number of aromatic nitrogens is 4. The Bertz CT molecular complexity index is 2700. The topological polar surface area (TPSA) is 43.6 Å². The van der Waals surface area contributed by atoms with E-state index in [1.165, 1.54) is 36.0 Å². The second-order valence-electron chi connectivity index (χ2n) is 11.3. The summed E-state index contributed by atoms with van der Waals surface area (Å²) in [7, 11) is 0. The standard InChI is InChI=1S/C39H22N4S3/c1-2-9-23(10-3-1)26-11-8-14-31-36(26)46-38(41-31)25-18-20-33-28(22-25)27-21-24(37-40-29-12-4-6-15-34(29)44-37)17-19-32(27)43(33)39-42-30-13-5-7-16-35(30)45-39/h1-22H. The summed E-state index contributed by atoms with van der Waals surface area (Å²) < 4.78 is 5.90. The van der Waals surface area contributed by atoms with Crippen molar-refractivity contribution in [2.24, 2.45) is 0 Å².